The van der Waals surface area contributed by atoms with Crippen LogP contribution in [0.4, 0.5) is 5.69 Å². The molecule has 24 heavy (non-hydrogen) atoms. The third-order valence-electron chi connectivity index (χ3n) is 3.32. The Labute approximate surface area is 148 Å². The smallest absolute Gasteiger partial charge is 0.338 e. The number of hydrogen-bond donors (Lipinski definition) is 2. The zero-order valence-electron chi connectivity index (χ0n) is 12.7. The molecule has 1 aliphatic rings. The fourth-order valence-electron chi connectivity index (χ4n) is 2.28. The molecule has 1 aromatic rings. The molecule has 0 saturated heterocycles. The van der Waals surface area contributed by atoms with Gasteiger partial charge in [-0.05, 0) is 30.8 Å². The van der Waals surface area contributed by atoms with Crippen LogP contribution in [0.25, 0.3) is 0 Å². The lowest BCUT2D eigenvalue weighted by molar-refractivity contribution is -0.384. The van der Waals surface area contributed by atoms with Crippen LogP contribution >= 0.6 is 23.8 Å². The highest BCUT2D eigenvalue weighted by atomic mass is 35.5. The fourth-order valence-corrected chi connectivity index (χ4v) is 2.73. The molecule has 0 fully saturated rings. The van der Waals surface area contributed by atoms with Gasteiger partial charge >= 0.3 is 5.97 Å². The summed E-state index contributed by atoms with van der Waals surface area (Å²) in [5.41, 5.74) is 1.01. The van der Waals surface area contributed by atoms with Gasteiger partial charge in [0.25, 0.3) is 5.69 Å². The molecule has 126 valence electrons. The van der Waals surface area contributed by atoms with Crippen LogP contribution in [0.1, 0.15) is 18.5 Å². The van der Waals surface area contributed by atoms with Crippen LogP contribution in [0.2, 0.25) is 5.02 Å². The van der Waals surface area contributed by atoms with Gasteiger partial charge < -0.3 is 15.4 Å². The maximum atomic E-state index is 12.3. The molecule has 1 aliphatic heterocycles. The highest BCUT2D eigenvalue weighted by Gasteiger charge is 2.32. The minimum absolute atomic E-state index is 0.0109. The Hall–Kier alpha value is -2.45. The second kappa shape index (κ2) is 7.41. The van der Waals surface area contributed by atoms with E-state index < -0.39 is 16.9 Å². The topological polar surface area (TPSA) is 93.5 Å². The molecule has 0 aromatic heterocycles. The number of halogens is 1. The van der Waals surface area contributed by atoms with Gasteiger partial charge in [0.05, 0.1) is 16.5 Å². The van der Waals surface area contributed by atoms with Gasteiger partial charge in [0.1, 0.15) is 11.6 Å². The molecular formula is C15H14ClN3O4S. The molecule has 2 N–H and O–H groups in total. The van der Waals surface area contributed by atoms with Crippen molar-refractivity contribution in [2.24, 2.45) is 0 Å². The molecule has 7 nitrogen and oxygen atoms in total. The van der Waals surface area contributed by atoms with Crippen LogP contribution in [-0.4, -0.2) is 22.6 Å². The van der Waals surface area contributed by atoms with Gasteiger partial charge in [-0.1, -0.05) is 30.3 Å². The largest absolute Gasteiger partial charge is 0.458 e. The first kappa shape index (κ1) is 17.9. The van der Waals surface area contributed by atoms with Crippen LogP contribution in [0.15, 0.2) is 42.1 Å². The molecule has 0 amide bonds. The minimum atomic E-state index is -0.688. The fraction of sp³-hybridized carbons (Fsp3) is 0.200. The van der Waals surface area contributed by atoms with Crippen LogP contribution in [0.3, 0.4) is 0 Å². The summed E-state index contributed by atoms with van der Waals surface area (Å²) < 4.78 is 5.09. The van der Waals surface area contributed by atoms with Gasteiger partial charge in [-0.2, -0.15) is 0 Å². The normalized spacial score (nSPS) is 16.9. The van der Waals surface area contributed by atoms with E-state index in [1.54, 1.807) is 13.0 Å². The van der Waals surface area contributed by atoms with Crippen LogP contribution in [-0.2, 0) is 9.53 Å². The number of nitro groups is 1. The maximum absolute atomic E-state index is 12.3. The summed E-state index contributed by atoms with van der Waals surface area (Å²) in [6.45, 7) is 5.22. The number of nitrogens with zero attached hydrogens (tertiary/aromatic N) is 1. The Morgan fingerprint density at radius 2 is 2.29 bits per heavy atom. The number of hydrogen-bond acceptors (Lipinski definition) is 5. The van der Waals surface area contributed by atoms with Gasteiger partial charge in [0.2, 0.25) is 0 Å². The molecule has 0 radical (unpaired) electrons. The van der Waals surface area contributed by atoms with E-state index in [2.05, 4.69) is 17.2 Å². The first-order valence-corrected chi connectivity index (χ1v) is 7.64. The molecule has 0 bridgehead atoms. The van der Waals surface area contributed by atoms with E-state index in [-0.39, 0.29) is 22.9 Å². The SMILES string of the molecule is C=CCOC(=O)C1=C(C)NC(=S)N[C@H]1c1ccc(Cl)c([N+](=O)[O-])c1. The van der Waals surface area contributed by atoms with E-state index in [1.165, 1.54) is 18.2 Å². The number of carbonyl (C=O) groups is 1. The highest BCUT2D eigenvalue weighted by Crippen LogP contribution is 2.33. The third kappa shape index (κ3) is 3.72. The first-order chi connectivity index (χ1) is 11.3. The lowest BCUT2D eigenvalue weighted by Gasteiger charge is -2.29. The Morgan fingerprint density at radius 1 is 1.58 bits per heavy atom. The number of allylic oxidation sites excluding steroid dienone is 1. The van der Waals surface area contributed by atoms with Crippen molar-refractivity contribution >= 4 is 40.6 Å². The summed E-state index contributed by atoms with van der Waals surface area (Å²) in [6.07, 6.45) is 1.45. The Morgan fingerprint density at radius 3 is 2.92 bits per heavy atom. The molecular weight excluding hydrogens is 354 g/mol. The van der Waals surface area contributed by atoms with Gasteiger partial charge in [0, 0.05) is 11.8 Å². The summed E-state index contributed by atoms with van der Waals surface area (Å²) >= 11 is 11.0. The number of rotatable bonds is 5. The van der Waals surface area contributed by atoms with Crippen molar-refractivity contribution in [3.05, 3.63) is 62.8 Å². The molecule has 9 heteroatoms. The summed E-state index contributed by atoms with van der Waals surface area (Å²) in [6, 6.07) is 3.62. The summed E-state index contributed by atoms with van der Waals surface area (Å²) in [5.74, 6) is -0.572. The Balaban J connectivity index is 2.49. The van der Waals surface area contributed by atoms with Crippen LogP contribution in [0.5, 0.6) is 0 Å². The number of nitrogens with one attached hydrogen (secondary N) is 2. The Kier molecular flexibility index (Phi) is 5.53. The van der Waals surface area contributed by atoms with E-state index in [0.717, 1.165) is 0 Å². The van der Waals surface area contributed by atoms with E-state index in [9.17, 15) is 14.9 Å². The predicted octanol–water partition coefficient (Wildman–Crippen LogP) is 2.77. The molecule has 0 unspecified atom stereocenters. The molecule has 1 aromatic carbocycles. The predicted molar refractivity (Wildman–Crippen MR) is 93.6 cm³/mol. The van der Waals surface area contributed by atoms with Crippen molar-refractivity contribution in [2.45, 2.75) is 13.0 Å². The number of esters is 1. The van der Waals surface area contributed by atoms with Crippen molar-refractivity contribution in [2.75, 3.05) is 6.61 Å². The lowest BCUT2D eigenvalue weighted by Crippen LogP contribution is -2.45. The molecule has 0 spiro atoms. The number of nitro benzene ring substituents is 1. The van der Waals surface area contributed by atoms with E-state index in [1.807, 2.05) is 0 Å². The van der Waals surface area contributed by atoms with Crippen molar-refractivity contribution < 1.29 is 14.5 Å². The van der Waals surface area contributed by atoms with Crippen molar-refractivity contribution in [1.29, 1.82) is 0 Å². The average molecular weight is 368 g/mol. The summed E-state index contributed by atoms with van der Waals surface area (Å²) in [4.78, 5) is 22.8. The maximum Gasteiger partial charge on any atom is 0.338 e. The number of benzene rings is 1. The number of ether oxygens (including phenoxy) is 1. The Bertz CT molecular complexity index is 763. The third-order valence-corrected chi connectivity index (χ3v) is 3.86. The first-order valence-electron chi connectivity index (χ1n) is 6.85. The van der Waals surface area contributed by atoms with Crippen molar-refractivity contribution in [1.82, 2.24) is 10.6 Å². The second-order valence-corrected chi connectivity index (χ2v) is 5.74. The zero-order valence-corrected chi connectivity index (χ0v) is 14.2. The lowest BCUT2D eigenvalue weighted by atomic mass is 9.95. The van der Waals surface area contributed by atoms with Crippen molar-refractivity contribution in [3.8, 4) is 0 Å². The van der Waals surface area contributed by atoms with E-state index >= 15 is 0 Å². The molecule has 0 aliphatic carbocycles. The van der Waals surface area contributed by atoms with Crippen molar-refractivity contribution in [3.63, 3.8) is 0 Å². The summed E-state index contributed by atoms with van der Waals surface area (Å²) in [7, 11) is 0. The average Bonchev–Trinajstić information content (AvgIpc) is 2.52. The van der Waals surface area contributed by atoms with Gasteiger partial charge in [-0.15, -0.1) is 0 Å². The summed E-state index contributed by atoms with van der Waals surface area (Å²) in [5, 5.41) is 17.2. The van der Waals surface area contributed by atoms with E-state index in [4.69, 9.17) is 28.6 Å². The van der Waals surface area contributed by atoms with Gasteiger partial charge in [0.15, 0.2) is 5.11 Å². The molecule has 2 rings (SSSR count). The molecule has 1 heterocycles. The standard InChI is InChI=1S/C15H14ClN3O4S/c1-3-6-23-14(20)12-8(2)17-15(24)18-13(12)9-4-5-10(16)11(7-9)19(21)22/h3-5,7,13H,1,6H2,2H3,(H2,17,18,24)/t13-/m0/s1. The second-order valence-electron chi connectivity index (χ2n) is 4.93. The monoisotopic (exact) mass is 367 g/mol. The van der Waals surface area contributed by atoms with Crippen LogP contribution in [0, 0.1) is 10.1 Å². The molecule has 1 atom stereocenters. The number of carbonyl (C=O) groups excluding carboxylic acids is 1. The minimum Gasteiger partial charge on any atom is -0.458 e. The van der Waals surface area contributed by atoms with Crippen LogP contribution < -0.4 is 10.6 Å². The highest BCUT2D eigenvalue weighted by molar-refractivity contribution is 7.80. The molecule has 0 saturated carbocycles. The number of thiocarbonyl (C=S) groups is 1. The quantitative estimate of drug-likeness (QED) is 0.272. The van der Waals surface area contributed by atoms with Gasteiger partial charge in [-0.25, -0.2) is 4.79 Å². The van der Waals surface area contributed by atoms with Gasteiger partial charge in [-0.3, -0.25) is 10.1 Å². The zero-order chi connectivity index (χ0) is 17.9. The van der Waals surface area contributed by atoms with E-state index in [0.29, 0.717) is 16.4 Å².